The lowest BCUT2D eigenvalue weighted by atomic mass is 9.99. The first-order chi connectivity index (χ1) is 13.5. The largest absolute Gasteiger partial charge is 0.442 e. The molecule has 148 valence electrons. The van der Waals surface area contributed by atoms with E-state index in [9.17, 15) is 13.2 Å². The summed E-state index contributed by atoms with van der Waals surface area (Å²) >= 11 is 1.57. The Hall–Kier alpha value is -2.43. The summed E-state index contributed by atoms with van der Waals surface area (Å²) in [6.45, 7) is 0.987. The van der Waals surface area contributed by atoms with Crippen molar-refractivity contribution < 1.29 is 17.6 Å². The minimum atomic E-state index is -3.80. The number of piperidine rings is 1. The van der Waals surface area contributed by atoms with Crippen molar-refractivity contribution in [1.82, 2.24) is 19.8 Å². The number of hydrogen-bond donors (Lipinski definition) is 2. The molecule has 1 aliphatic heterocycles. The normalized spacial score (nSPS) is 18.2. The fourth-order valence-corrected chi connectivity index (χ4v) is 5.31. The molecule has 0 saturated carbocycles. The molecule has 3 aromatic heterocycles. The molecule has 1 fully saturated rings. The Balaban J connectivity index is 1.43. The molecule has 0 radical (unpaired) electrons. The van der Waals surface area contributed by atoms with Gasteiger partial charge in [0.1, 0.15) is 5.69 Å². The molecule has 0 bridgehead atoms. The van der Waals surface area contributed by atoms with Gasteiger partial charge >= 0.3 is 0 Å². The fourth-order valence-electron chi connectivity index (χ4n) is 3.23. The SMILES string of the molecule is O=C(NCc1cccs1)[C@H]1CCCN(S(=O)(=O)c2ccc(-c3ccn[nH]3)o2)C1. The molecule has 1 atom stereocenters. The maximum atomic E-state index is 13.0. The van der Waals surface area contributed by atoms with Gasteiger partial charge in [0.25, 0.3) is 10.0 Å². The number of nitrogens with zero attached hydrogens (tertiary/aromatic N) is 2. The third-order valence-corrected chi connectivity index (χ3v) is 7.33. The highest BCUT2D eigenvalue weighted by molar-refractivity contribution is 7.89. The Labute approximate surface area is 166 Å². The first-order valence-electron chi connectivity index (χ1n) is 8.94. The van der Waals surface area contributed by atoms with Gasteiger partial charge in [-0.2, -0.15) is 9.40 Å². The van der Waals surface area contributed by atoms with Gasteiger partial charge in [-0.15, -0.1) is 11.3 Å². The molecule has 4 rings (SSSR count). The Morgan fingerprint density at radius 3 is 3.00 bits per heavy atom. The minimum absolute atomic E-state index is 0.120. The van der Waals surface area contributed by atoms with Gasteiger partial charge in [0.15, 0.2) is 5.76 Å². The Morgan fingerprint density at radius 2 is 2.25 bits per heavy atom. The van der Waals surface area contributed by atoms with Crippen molar-refractivity contribution in [1.29, 1.82) is 0 Å². The van der Waals surface area contributed by atoms with Crippen LogP contribution in [0.1, 0.15) is 17.7 Å². The van der Waals surface area contributed by atoms with Crippen molar-refractivity contribution in [3.63, 3.8) is 0 Å². The van der Waals surface area contributed by atoms with Crippen LogP contribution in [0.2, 0.25) is 0 Å². The molecule has 1 aliphatic rings. The molecule has 8 nitrogen and oxygen atoms in total. The summed E-state index contributed by atoms with van der Waals surface area (Å²) in [5, 5.41) is 11.3. The molecule has 0 aromatic carbocycles. The third-order valence-electron chi connectivity index (χ3n) is 4.71. The van der Waals surface area contributed by atoms with Crippen LogP contribution in [-0.2, 0) is 21.4 Å². The number of carbonyl (C=O) groups is 1. The zero-order valence-corrected chi connectivity index (χ0v) is 16.6. The summed E-state index contributed by atoms with van der Waals surface area (Å²) in [5.41, 5.74) is 0.603. The molecule has 0 aliphatic carbocycles. The molecule has 4 heterocycles. The quantitative estimate of drug-likeness (QED) is 0.637. The summed E-state index contributed by atoms with van der Waals surface area (Å²) in [7, 11) is -3.80. The molecule has 2 N–H and O–H groups in total. The van der Waals surface area contributed by atoms with Gasteiger partial charge in [-0.05, 0) is 42.5 Å². The molecular formula is C18H20N4O4S2. The highest BCUT2D eigenvalue weighted by Gasteiger charge is 2.35. The topological polar surface area (TPSA) is 108 Å². The van der Waals surface area contributed by atoms with Crippen molar-refractivity contribution in [2.45, 2.75) is 24.5 Å². The van der Waals surface area contributed by atoms with Crippen LogP contribution < -0.4 is 5.32 Å². The number of furan rings is 1. The number of nitrogens with one attached hydrogen (secondary N) is 2. The van der Waals surface area contributed by atoms with Crippen LogP contribution in [0.4, 0.5) is 0 Å². The Kier molecular flexibility index (Phi) is 5.33. The summed E-state index contributed by atoms with van der Waals surface area (Å²) < 4.78 is 32.8. The lowest BCUT2D eigenvalue weighted by Crippen LogP contribution is -2.45. The van der Waals surface area contributed by atoms with Crippen LogP contribution in [0.3, 0.4) is 0 Å². The van der Waals surface area contributed by atoms with Gasteiger partial charge in [0.05, 0.1) is 12.5 Å². The van der Waals surface area contributed by atoms with Gasteiger partial charge in [0.2, 0.25) is 11.0 Å². The van der Waals surface area contributed by atoms with Crippen molar-refractivity contribution in [3.05, 3.63) is 46.8 Å². The van der Waals surface area contributed by atoms with E-state index in [4.69, 9.17) is 4.42 Å². The average Bonchev–Trinajstić information content (AvgIpc) is 3.48. The fraction of sp³-hybridized carbons (Fsp3) is 0.333. The van der Waals surface area contributed by atoms with Crippen LogP contribution in [0.15, 0.2) is 51.4 Å². The standard InChI is InChI=1S/C18H20N4O4S2/c23-18(19-11-14-4-2-10-27-14)13-3-1-9-22(12-13)28(24,25)17-6-5-16(26-17)15-7-8-20-21-15/h2,4-8,10,13H,1,3,9,11-12H2,(H,19,23)(H,20,21)/t13-/m0/s1. The van der Waals surface area contributed by atoms with Gasteiger partial charge < -0.3 is 9.73 Å². The van der Waals surface area contributed by atoms with E-state index in [2.05, 4.69) is 15.5 Å². The maximum absolute atomic E-state index is 13.0. The van der Waals surface area contributed by atoms with Crippen LogP contribution >= 0.6 is 11.3 Å². The minimum Gasteiger partial charge on any atom is -0.442 e. The van der Waals surface area contributed by atoms with E-state index >= 15 is 0 Å². The molecule has 1 saturated heterocycles. The van der Waals surface area contributed by atoms with Crippen LogP contribution in [-0.4, -0.2) is 41.9 Å². The van der Waals surface area contributed by atoms with E-state index in [-0.39, 0.29) is 23.5 Å². The number of amides is 1. The van der Waals surface area contributed by atoms with E-state index in [1.165, 1.54) is 10.4 Å². The second kappa shape index (κ2) is 7.90. The smallest absolute Gasteiger partial charge is 0.276 e. The lowest BCUT2D eigenvalue weighted by molar-refractivity contribution is -0.126. The third kappa shape index (κ3) is 3.89. The summed E-state index contributed by atoms with van der Waals surface area (Å²) in [6.07, 6.45) is 2.86. The zero-order chi connectivity index (χ0) is 19.6. The van der Waals surface area contributed by atoms with Crippen LogP contribution in [0.25, 0.3) is 11.5 Å². The van der Waals surface area contributed by atoms with Gasteiger partial charge in [-0.1, -0.05) is 6.07 Å². The number of thiophene rings is 1. The Morgan fingerprint density at radius 1 is 1.36 bits per heavy atom. The van der Waals surface area contributed by atoms with Crippen molar-refractivity contribution >= 4 is 27.3 Å². The molecule has 1 amide bonds. The molecule has 28 heavy (non-hydrogen) atoms. The first-order valence-corrected chi connectivity index (χ1v) is 11.3. The number of rotatable bonds is 6. The van der Waals surface area contributed by atoms with Gasteiger partial charge in [-0.25, -0.2) is 8.42 Å². The van der Waals surface area contributed by atoms with Gasteiger partial charge in [0, 0.05) is 24.2 Å². The number of aromatic nitrogens is 2. The highest BCUT2D eigenvalue weighted by Crippen LogP contribution is 2.28. The number of carbonyl (C=O) groups excluding carboxylic acids is 1. The second-order valence-corrected chi connectivity index (χ2v) is 9.49. The van der Waals surface area contributed by atoms with Crippen molar-refractivity contribution in [2.24, 2.45) is 5.92 Å². The maximum Gasteiger partial charge on any atom is 0.276 e. The predicted molar refractivity (Wildman–Crippen MR) is 104 cm³/mol. The predicted octanol–water partition coefficient (Wildman–Crippen LogP) is 2.45. The number of aromatic amines is 1. The number of sulfonamides is 1. The molecular weight excluding hydrogens is 400 g/mol. The summed E-state index contributed by atoms with van der Waals surface area (Å²) in [6, 6.07) is 8.62. The zero-order valence-electron chi connectivity index (χ0n) is 15.0. The average molecular weight is 421 g/mol. The van der Waals surface area contributed by atoms with E-state index < -0.39 is 10.0 Å². The van der Waals surface area contributed by atoms with E-state index in [1.807, 2.05) is 17.5 Å². The Bertz CT molecular complexity index is 1030. The monoisotopic (exact) mass is 420 g/mol. The summed E-state index contributed by atoms with van der Waals surface area (Å²) in [5.74, 6) is -0.0882. The molecule has 10 heteroatoms. The van der Waals surface area contributed by atoms with E-state index in [0.717, 1.165) is 4.88 Å². The molecule has 3 aromatic rings. The van der Waals surface area contributed by atoms with Gasteiger partial charge in [-0.3, -0.25) is 9.89 Å². The molecule has 0 unspecified atom stereocenters. The number of hydrogen-bond acceptors (Lipinski definition) is 6. The van der Waals surface area contributed by atoms with Crippen LogP contribution in [0.5, 0.6) is 0 Å². The van der Waals surface area contributed by atoms with E-state index in [0.29, 0.717) is 37.4 Å². The lowest BCUT2D eigenvalue weighted by Gasteiger charge is -2.30. The van der Waals surface area contributed by atoms with E-state index in [1.54, 1.807) is 29.7 Å². The highest BCUT2D eigenvalue weighted by atomic mass is 32.2. The van der Waals surface area contributed by atoms with Crippen LogP contribution in [0, 0.1) is 5.92 Å². The number of H-pyrrole nitrogens is 1. The van der Waals surface area contributed by atoms with Crippen molar-refractivity contribution in [2.75, 3.05) is 13.1 Å². The molecule has 0 spiro atoms. The second-order valence-electron chi connectivity index (χ2n) is 6.59. The first kappa shape index (κ1) is 18.9. The summed E-state index contributed by atoms with van der Waals surface area (Å²) in [4.78, 5) is 13.6. The van der Waals surface area contributed by atoms with Crippen molar-refractivity contribution in [3.8, 4) is 11.5 Å².